The maximum absolute atomic E-state index is 13.3. The van der Waals surface area contributed by atoms with Crippen molar-refractivity contribution in [1.82, 2.24) is 0 Å². The van der Waals surface area contributed by atoms with Crippen LogP contribution in [-0.4, -0.2) is 23.4 Å². The molecule has 0 unspecified atom stereocenters. The van der Waals surface area contributed by atoms with Crippen LogP contribution < -0.4 is 0 Å². The predicted octanol–water partition coefficient (Wildman–Crippen LogP) is 0.897. The molecule has 0 amide bonds. The van der Waals surface area contributed by atoms with Gasteiger partial charge in [0.15, 0.2) is 5.67 Å². The molecule has 0 spiro atoms. The van der Waals surface area contributed by atoms with Crippen molar-refractivity contribution < 1.29 is 14.6 Å². The first-order valence-corrected chi connectivity index (χ1v) is 4.05. The van der Waals surface area contributed by atoms with Gasteiger partial charge in [-0.15, -0.1) is 11.3 Å². The third kappa shape index (κ3) is 1.58. The number of aliphatic hydroxyl groups is 2. The van der Waals surface area contributed by atoms with Gasteiger partial charge in [0.05, 0.1) is 13.2 Å². The first-order valence-electron chi connectivity index (χ1n) is 3.17. The molecule has 4 heteroatoms. The number of halogens is 1. The Labute approximate surface area is 67.9 Å². The van der Waals surface area contributed by atoms with Crippen LogP contribution in [0, 0.1) is 0 Å². The Morgan fingerprint density at radius 1 is 1.45 bits per heavy atom. The number of hydrogen-bond acceptors (Lipinski definition) is 3. The molecule has 11 heavy (non-hydrogen) atoms. The fourth-order valence-corrected chi connectivity index (χ4v) is 1.54. The molecule has 1 heterocycles. The normalized spacial score (nSPS) is 11.9. The summed E-state index contributed by atoms with van der Waals surface area (Å²) in [5.74, 6) is 0. The minimum Gasteiger partial charge on any atom is -0.393 e. The standard InChI is InChI=1S/C7H9FO2S/c8-7(4-9,5-10)6-2-1-3-11-6/h1-3,9-10H,4-5H2. The van der Waals surface area contributed by atoms with Crippen molar-refractivity contribution in [2.75, 3.05) is 13.2 Å². The van der Waals surface area contributed by atoms with Crippen molar-refractivity contribution in [2.24, 2.45) is 0 Å². The second-order valence-corrected chi connectivity index (χ2v) is 3.21. The fourth-order valence-electron chi connectivity index (χ4n) is 0.739. The lowest BCUT2D eigenvalue weighted by atomic mass is 10.1. The monoisotopic (exact) mass is 176 g/mol. The van der Waals surface area contributed by atoms with Gasteiger partial charge in [0.25, 0.3) is 0 Å². The minimum absolute atomic E-state index is 0.363. The van der Waals surface area contributed by atoms with Gasteiger partial charge in [-0.3, -0.25) is 0 Å². The fraction of sp³-hybridized carbons (Fsp3) is 0.429. The van der Waals surface area contributed by atoms with Crippen LogP contribution in [0.15, 0.2) is 17.5 Å². The summed E-state index contributed by atoms with van der Waals surface area (Å²) in [6.45, 7) is -1.35. The van der Waals surface area contributed by atoms with Crippen LogP contribution in [0.25, 0.3) is 0 Å². The van der Waals surface area contributed by atoms with Crippen LogP contribution in [-0.2, 0) is 5.67 Å². The maximum Gasteiger partial charge on any atom is 0.190 e. The molecule has 0 saturated heterocycles. The summed E-state index contributed by atoms with van der Waals surface area (Å²) in [6.07, 6.45) is 0. The quantitative estimate of drug-likeness (QED) is 0.718. The van der Waals surface area contributed by atoms with Gasteiger partial charge in [0.2, 0.25) is 0 Å². The number of hydrogen-bond donors (Lipinski definition) is 2. The van der Waals surface area contributed by atoms with E-state index in [2.05, 4.69) is 0 Å². The van der Waals surface area contributed by atoms with Crippen LogP contribution >= 0.6 is 11.3 Å². The number of rotatable bonds is 3. The van der Waals surface area contributed by atoms with Gasteiger partial charge >= 0.3 is 0 Å². The van der Waals surface area contributed by atoms with E-state index in [1.807, 2.05) is 0 Å². The lowest BCUT2D eigenvalue weighted by Crippen LogP contribution is -2.28. The van der Waals surface area contributed by atoms with Gasteiger partial charge in [-0.1, -0.05) is 6.07 Å². The van der Waals surface area contributed by atoms with Crippen molar-refractivity contribution in [3.63, 3.8) is 0 Å². The van der Waals surface area contributed by atoms with E-state index in [-0.39, 0.29) is 0 Å². The van der Waals surface area contributed by atoms with E-state index >= 15 is 0 Å². The Morgan fingerprint density at radius 3 is 2.45 bits per heavy atom. The third-order valence-electron chi connectivity index (χ3n) is 1.46. The van der Waals surface area contributed by atoms with Crippen molar-refractivity contribution in [2.45, 2.75) is 5.67 Å². The average Bonchev–Trinajstić information content (AvgIpc) is 2.55. The molecule has 0 bridgehead atoms. The molecule has 62 valence electrons. The van der Waals surface area contributed by atoms with Gasteiger partial charge in [-0.2, -0.15) is 0 Å². The van der Waals surface area contributed by atoms with Crippen molar-refractivity contribution in [3.8, 4) is 0 Å². The van der Waals surface area contributed by atoms with E-state index in [0.29, 0.717) is 4.88 Å². The Balaban J connectivity index is 2.87. The lowest BCUT2D eigenvalue weighted by Gasteiger charge is -2.17. The molecule has 0 fully saturated rings. The van der Waals surface area contributed by atoms with E-state index < -0.39 is 18.9 Å². The Hall–Kier alpha value is -0.450. The highest BCUT2D eigenvalue weighted by atomic mass is 32.1. The third-order valence-corrected chi connectivity index (χ3v) is 2.51. The molecular formula is C7H9FO2S. The molecule has 2 N–H and O–H groups in total. The van der Waals surface area contributed by atoms with Gasteiger partial charge in [0.1, 0.15) is 0 Å². The molecule has 0 aliphatic carbocycles. The van der Waals surface area contributed by atoms with Crippen LogP contribution in [0.3, 0.4) is 0 Å². The summed E-state index contributed by atoms with van der Waals surface area (Å²) in [6, 6.07) is 3.23. The molecule has 0 saturated carbocycles. The first-order chi connectivity index (χ1) is 5.23. The van der Waals surface area contributed by atoms with Gasteiger partial charge in [-0.05, 0) is 11.4 Å². The lowest BCUT2D eigenvalue weighted by molar-refractivity contribution is 0.0157. The maximum atomic E-state index is 13.3. The summed E-state index contributed by atoms with van der Waals surface area (Å²) in [5, 5.41) is 19.0. The molecule has 0 radical (unpaired) electrons. The molecule has 1 aromatic rings. The highest BCUT2D eigenvalue weighted by Crippen LogP contribution is 2.28. The molecule has 1 aromatic heterocycles. The zero-order valence-corrected chi connectivity index (χ0v) is 6.64. The summed E-state index contributed by atoms with van der Waals surface area (Å²) in [5.41, 5.74) is -1.96. The summed E-state index contributed by atoms with van der Waals surface area (Å²) < 4.78 is 13.3. The second-order valence-electron chi connectivity index (χ2n) is 2.26. The average molecular weight is 176 g/mol. The Morgan fingerprint density at radius 2 is 2.09 bits per heavy atom. The van der Waals surface area contributed by atoms with E-state index in [4.69, 9.17) is 10.2 Å². The van der Waals surface area contributed by atoms with Crippen molar-refractivity contribution in [3.05, 3.63) is 22.4 Å². The Kier molecular flexibility index (Phi) is 2.59. The molecule has 1 rings (SSSR count). The van der Waals surface area contributed by atoms with Gasteiger partial charge in [-0.25, -0.2) is 4.39 Å². The smallest absolute Gasteiger partial charge is 0.190 e. The predicted molar refractivity (Wildman–Crippen MR) is 41.3 cm³/mol. The molecule has 0 aromatic carbocycles. The highest BCUT2D eigenvalue weighted by Gasteiger charge is 2.31. The molecule has 0 aliphatic rings. The highest BCUT2D eigenvalue weighted by molar-refractivity contribution is 7.10. The van der Waals surface area contributed by atoms with Crippen LogP contribution in [0.1, 0.15) is 4.88 Å². The molecular weight excluding hydrogens is 167 g/mol. The molecule has 0 atom stereocenters. The zero-order chi connectivity index (χ0) is 8.32. The topological polar surface area (TPSA) is 40.5 Å². The van der Waals surface area contributed by atoms with Crippen molar-refractivity contribution in [1.29, 1.82) is 0 Å². The number of alkyl halides is 1. The van der Waals surface area contributed by atoms with E-state index in [1.165, 1.54) is 11.3 Å². The first kappa shape index (κ1) is 8.64. The second kappa shape index (κ2) is 3.30. The SMILES string of the molecule is OCC(F)(CO)c1cccs1. The van der Waals surface area contributed by atoms with E-state index in [1.54, 1.807) is 17.5 Å². The van der Waals surface area contributed by atoms with E-state index in [0.717, 1.165) is 0 Å². The largest absolute Gasteiger partial charge is 0.393 e. The molecule has 2 nitrogen and oxygen atoms in total. The van der Waals surface area contributed by atoms with Crippen LogP contribution in [0.5, 0.6) is 0 Å². The minimum atomic E-state index is -1.96. The van der Waals surface area contributed by atoms with Gasteiger partial charge in [0, 0.05) is 4.88 Å². The van der Waals surface area contributed by atoms with Crippen LogP contribution in [0.2, 0.25) is 0 Å². The van der Waals surface area contributed by atoms with Gasteiger partial charge < -0.3 is 10.2 Å². The summed E-state index contributed by atoms with van der Waals surface area (Å²) in [7, 11) is 0. The Bertz CT molecular complexity index is 206. The zero-order valence-electron chi connectivity index (χ0n) is 5.83. The number of aliphatic hydroxyl groups excluding tert-OH is 2. The van der Waals surface area contributed by atoms with Crippen molar-refractivity contribution >= 4 is 11.3 Å². The summed E-state index contributed by atoms with van der Waals surface area (Å²) >= 11 is 1.18. The van der Waals surface area contributed by atoms with E-state index in [9.17, 15) is 4.39 Å². The summed E-state index contributed by atoms with van der Waals surface area (Å²) in [4.78, 5) is 0.363. The number of thiophene rings is 1. The molecule has 0 aliphatic heterocycles. The van der Waals surface area contributed by atoms with Crippen LogP contribution in [0.4, 0.5) is 4.39 Å².